The van der Waals surface area contributed by atoms with E-state index in [0.29, 0.717) is 31.1 Å². The number of nitrogens with zero attached hydrogens (tertiary/aromatic N) is 3. The number of piperidine rings is 1. The van der Waals surface area contributed by atoms with E-state index in [1.165, 1.54) is 0 Å². The maximum absolute atomic E-state index is 5.67. The normalized spacial score (nSPS) is 16.4. The monoisotopic (exact) mass is 299 g/mol. The first kappa shape index (κ1) is 15.3. The van der Waals surface area contributed by atoms with E-state index in [4.69, 9.17) is 21.1 Å². The van der Waals surface area contributed by atoms with Crippen molar-refractivity contribution in [2.45, 2.75) is 32.3 Å². The van der Waals surface area contributed by atoms with Gasteiger partial charge in [0.2, 0.25) is 11.8 Å². The van der Waals surface area contributed by atoms with Crippen molar-refractivity contribution in [2.24, 2.45) is 0 Å². The Morgan fingerprint density at radius 1 is 1.35 bits per heavy atom. The van der Waals surface area contributed by atoms with E-state index in [2.05, 4.69) is 21.8 Å². The molecule has 1 aliphatic heterocycles. The van der Waals surface area contributed by atoms with Crippen molar-refractivity contribution in [3.8, 4) is 5.88 Å². The molecule has 0 saturated carbocycles. The summed E-state index contributed by atoms with van der Waals surface area (Å²) in [5.41, 5.74) is 0. The van der Waals surface area contributed by atoms with Gasteiger partial charge in [-0.25, -0.2) is 4.98 Å². The predicted octanol–water partition coefficient (Wildman–Crippen LogP) is 2.49. The molecule has 2 rings (SSSR count). The molecule has 5 nitrogen and oxygen atoms in total. The lowest BCUT2D eigenvalue weighted by atomic mass is 10.1. The van der Waals surface area contributed by atoms with Gasteiger partial charge in [-0.3, -0.25) is 0 Å². The standard InChI is InChI=1S/C14H22ClN3O2/c1-2-10-20-13-3-7-16-14(17-13)18-8-4-12(5-9-18)19-11-6-15/h3,7,12H,2,4-6,8-11H2,1H3. The van der Waals surface area contributed by atoms with Crippen LogP contribution in [0.1, 0.15) is 26.2 Å². The first-order valence-electron chi connectivity index (χ1n) is 7.22. The molecular weight excluding hydrogens is 278 g/mol. The van der Waals surface area contributed by atoms with Crippen LogP contribution in [-0.4, -0.2) is 48.3 Å². The molecule has 1 fully saturated rings. The van der Waals surface area contributed by atoms with Gasteiger partial charge in [-0.15, -0.1) is 11.6 Å². The number of hydrogen-bond acceptors (Lipinski definition) is 5. The third-order valence-electron chi connectivity index (χ3n) is 3.23. The van der Waals surface area contributed by atoms with E-state index in [1.807, 2.05) is 0 Å². The highest BCUT2D eigenvalue weighted by atomic mass is 35.5. The lowest BCUT2D eigenvalue weighted by Crippen LogP contribution is -2.38. The topological polar surface area (TPSA) is 47.5 Å². The van der Waals surface area contributed by atoms with Gasteiger partial charge in [0.1, 0.15) is 0 Å². The molecule has 0 amide bonds. The fourth-order valence-electron chi connectivity index (χ4n) is 2.21. The zero-order valence-corrected chi connectivity index (χ0v) is 12.7. The number of hydrogen-bond donors (Lipinski definition) is 0. The smallest absolute Gasteiger partial charge is 0.228 e. The molecule has 0 spiro atoms. The third-order valence-corrected chi connectivity index (χ3v) is 3.38. The fourth-order valence-corrected chi connectivity index (χ4v) is 2.29. The first-order valence-corrected chi connectivity index (χ1v) is 7.75. The van der Waals surface area contributed by atoms with Crippen LogP contribution in [0.4, 0.5) is 5.95 Å². The number of aromatic nitrogens is 2. The molecule has 0 aliphatic carbocycles. The molecule has 1 aromatic heterocycles. The molecule has 0 radical (unpaired) electrons. The van der Waals surface area contributed by atoms with Gasteiger partial charge in [0.15, 0.2) is 0 Å². The van der Waals surface area contributed by atoms with E-state index in [0.717, 1.165) is 38.3 Å². The summed E-state index contributed by atoms with van der Waals surface area (Å²) in [4.78, 5) is 11.0. The van der Waals surface area contributed by atoms with E-state index in [1.54, 1.807) is 12.3 Å². The quantitative estimate of drug-likeness (QED) is 0.724. The Kier molecular flexibility index (Phi) is 6.33. The van der Waals surface area contributed by atoms with Gasteiger partial charge >= 0.3 is 0 Å². The SMILES string of the molecule is CCCOc1ccnc(N2CCC(OCCCl)CC2)n1. The highest BCUT2D eigenvalue weighted by molar-refractivity contribution is 6.17. The van der Waals surface area contributed by atoms with Gasteiger partial charge in [-0.05, 0) is 19.3 Å². The molecule has 112 valence electrons. The molecular formula is C14H22ClN3O2. The van der Waals surface area contributed by atoms with Crippen molar-refractivity contribution in [3.63, 3.8) is 0 Å². The van der Waals surface area contributed by atoms with Crippen LogP contribution in [0.5, 0.6) is 5.88 Å². The Morgan fingerprint density at radius 3 is 2.85 bits per heavy atom. The van der Waals surface area contributed by atoms with Gasteiger partial charge in [0.25, 0.3) is 0 Å². The van der Waals surface area contributed by atoms with Crippen LogP contribution in [0, 0.1) is 0 Å². The Hall–Kier alpha value is -1.07. The van der Waals surface area contributed by atoms with Crippen LogP contribution in [0.25, 0.3) is 0 Å². The number of ether oxygens (including phenoxy) is 2. The van der Waals surface area contributed by atoms with E-state index in [9.17, 15) is 0 Å². The molecule has 20 heavy (non-hydrogen) atoms. The van der Waals surface area contributed by atoms with Crippen molar-refractivity contribution in [1.82, 2.24) is 9.97 Å². The summed E-state index contributed by atoms with van der Waals surface area (Å²) in [5.74, 6) is 1.95. The minimum atomic E-state index is 0.310. The van der Waals surface area contributed by atoms with Crippen LogP contribution < -0.4 is 9.64 Å². The number of halogens is 1. The van der Waals surface area contributed by atoms with Crippen molar-refractivity contribution in [1.29, 1.82) is 0 Å². The summed E-state index contributed by atoms with van der Waals surface area (Å²) in [5, 5.41) is 0. The lowest BCUT2D eigenvalue weighted by Gasteiger charge is -2.31. The summed E-state index contributed by atoms with van der Waals surface area (Å²) >= 11 is 5.64. The van der Waals surface area contributed by atoms with Crippen molar-refractivity contribution in [2.75, 3.05) is 37.1 Å². The average molecular weight is 300 g/mol. The molecule has 0 bridgehead atoms. The van der Waals surface area contributed by atoms with Crippen LogP contribution in [-0.2, 0) is 4.74 Å². The summed E-state index contributed by atoms with van der Waals surface area (Å²) in [6.45, 7) is 5.20. The van der Waals surface area contributed by atoms with Gasteiger partial charge in [-0.2, -0.15) is 4.98 Å². The Labute approximate surface area is 125 Å². The van der Waals surface area contributed by atoms with E-state index < -0.39 is 0 Å². The van der Waals surface area contributed by atoms with Crippen LogP contribution in [0.2, 0.25) is 0 Å². The second-order valence-corrected chi connectivity index (χ2v) is 5.17. The molecule has 0 unspecified atom stereocenters. The molecule has 1 saturated heterocycles. The van der Waals surface area contributed by atoms with E-state index in [-0.39, 0.29) is 0 Å². The maximum atomic E-state index is 5.67. The molecule has 1 aromatic rings. The summed E-state index contributed by atoms with van der Waals surface area (Å²) in [6.07, 6.45) is 5.01. The lowest BCUT2D eigenvalue weighted by molar-refractivity contribution is 0.0469. The summed E-state index contributed by atoms with van der Waals surface area (Å²) < 4.78 is 11.2. The second kappa shape index (κ2) is 8.27. The second-order valence-electron chi connectivity index (χ2n) is 4.79. The minimum Gasteiger partial charge on any atom is -0.478 e. The summed E-state index contributed by atoms with van der Waals surface area (Å²) in [7, 11) is 0. The van der Waals surface area contributed by atoms with Gasteiger partial charge in [0, 0.05) is 31.2 Å². The van der Waals surface area contributed by atoms with E-state index >= 15 is 0 Å². The number of rotatable bonds is 7. The fraction of sp³-hybridized carbons (Fsp3) is 0.714. The molecule has 1 aliphatic rings. The van der Waals surface area contributed by atoms with Crippen LogP contribution >= 0.6 is 11.6 Å². The zero-order valence-electron chi connectivity index (χ0n) is 11.9. The number of anilines is 1. The van der Waals surface area contributed by atoms with Crippen molar-refractivity contribution < 1.29 is 9.47 Å². The highest BCUT2D eigenvalue weighted by Crippen LogP contribution is 2.19. The Balaban J connectivity index is 1.86. The van der Waals surface area contributed by atoms with Crippen LogP contribution in [0.15, 0.2) is 12.3 Å². The number of alkyl halides is 1. The third kappa shape index (κ3) is 4.49. The highest BCUT2D eigenvalue weighted by Gasteiger charge is 2.21. The van der Waals surface area contributed by atoms with Crippen molar-refractivity contribution >= 4 is 17.5 Å². The summed E-state index contributed by atoms with van der Waals surface area (Å²) in [6, 6.07) is 1.80. The molecule has 0 N–H and O–H groups in total. The Bertz CT molecular complexity index is 398. The van der Waals surface area contributed by atoms with Crippen LogP contribution in [0.3, 0.4) is 0 Å². The molecule has 0 aromatic carbocycles. The van der Waals surface area contributed by atoms with Gasteiger partial charge in [0.05, 0.1) is 19.3 Å². The first-order chi connectivity index (χ1) is 9.83. The van der Waals surface area contributed by atoms with Gasteiger partial charge < -0.3 is 14.4 Å². The predicted molar refractivity (Wildman–Crippen MR) is 79.7 cm³/mol. The molecule has 6 heteroatoms. The Morgan fingerprint density at radius 2 is 2.15 bits per heavy atom. The average Bonchev–Trinajstić information content (AvgIpc) is 2.52. The zero-order chi connectivity index (χ0) is 14.2. The molecule has 0 atom stereocenters. The minimum absolute atomic E-state index is 0.310. The van der Waals surface area contributed by atoms with Gasteiger partial charge in [-0.1, -0.05) is 6.92 Å². The molecule has 2 heterocycles. The maximum Gasteiger partial charge on any atom is 0.228 e. The van der Waals surface area contributed by atoms with Crippen molar-refractivity contribution in [3.05, 3.63) is 12.3 Å². The largest absolute Gasteiger partial charge is 0.478 e.